The molecule has 0 unspecified atom stereocenters. The van der Waals surface area contributed by atoms with Gasteiger partial charge in [0.15, 0.2) is 0 Å². The van der Waals surface area contributed by atoms with Gasteiger partial charge < -0.3 is 14.8 Å². The summed E-state index contributed by atoms with van der Waals surface area (Å²) in [6.45, 7) is 4.39. The molecule has 4 heteroatoms. The van der Waals surface area contributed by atoms with Crippen molar-refractivity contribution < 1.29 is 4.79 Å². The van der Waals surface area contributed by atoms with Crippen LogP contribution in [0.4, 0.5) is 0 Å². The minimum Gasteiger partial charge on any atom is -0.361 e. The number of carbonyl (C=O) groups excluding carboxylic acids is 1. The molecule has 4 nitrogen and oxygen atoms in total. The second-order valence-electron chi connectivity index (χ2n) is 8.71. The summed E-state index contributed by atoms with van der Waals surface area (Å²) < 4.78 is 0. The summed E-state index contributed by atoms with van der Waals surface area (Å²) in [4.78, 5) is 21.3. The number of hydrogen-bond acceptors (Lipinski definition) is 2. The normalized spacial score (nSPS) is 26.7. The van der Waals surface area contributed by atoms with Crippen LogP contribution in [0.5, 0.6) is 0 Å². The summed E-state index contributed by atoms with van der Waals surface area (Å²) in [7, 11) is 2.23. The first-order valence-corrected chi connectivity index (χ1v) is 10.7. The molecular formula is C23H33N3O. The topological polar surface area (TPSA) is 39.3 Å². The van der Waals surface area contributed by atoms with Crippen LogP contribution in [-0.2, 0) is 11.2 Å². The number of amides is 1. The van der Waals surface area contributed by atoms with Crippen LogP contribution in [0, 0.1) is 0 Å². The average Bonchev–Trinajstić information content (AvgIpc) is 3.18. The molecule has 2 aliphatic heterocycles. The Morgan fingerprint density at radius 2 is 2.07 bits per heavy atom. The Balaban J connectivity index is 1.42. The Hall–Kier alpha value is -1.81. The lowest BCUT2D eigenvalue weighted by Gasteiger charge is -2.45. The summed E-state index contributed by atoms with van der Waals surface area (Å²) in [6.07, 6.45) is 10.7. The molecule has 2 atom stereocenters. The molecule has 1 aromatic heterocycles. The molecule has 1 aromatic carbocycles. The molecule has 3 heterocycles. The Kier molecular flexibility index (Phi) is 5.27. The van der Waals surface area contributed by atoms with E-state index in [0.29, 0.717) is 18.4 Å². The zero-order valence-electron chi connectivity index (χ0n) is 16.8. The van der Waals surface area contributed by atoms with Crippen LogP contribution < -0.4 is 0 Å². The second kappa shape index (κ2) is 7.67. The minimum absolute atomic E-state index is 0.0209. The maximum atomic E-state index is 13.2. The van der Waals surface area contributed by atoms with E-state index in [9.17, 15) is 4.79 Å². The Bertz CT molecular complexity index is 798. The first-order chi connectivity index (χ1) is 13.1. The summed E-state index contributed by atoms with van der Waals surface area (Å²) in [5.74, 6) is 0.361. The lowest BCUT2D eigenvalue weighted by molar-refractivity contribution is -0.139. The molecule has 2 aliphatic rings. The van der Waals surface area contributed by atoms with Gasteiger partial charge in [-0.05, 0) is 57.7 Å². The van der Waals surface area contributed by atoms with Crippen molar-refractivity contribution in [3.63, 3.8) is 0 Å². The highest BCUT2D eigenvalue weighted by Gasteiger charge is 2.47. The Morgan fingerprint density at radius 3 is 2.96 bits per heavy atom. The smallest absolute Gasteiger partial charge is 0.223 e. The van der Waals surface area contributed by atoms with E-state index in [4.69, 9.17) is 0 Å². The minimum atomic E-state index is 0.0209. The van der Waals surface area contributed by atoms with E-state index in [-0.39, 0.29) is 5.54 Å². The predicted molar refractivity (Wildman–Crippen MR) is 111 cm³/mol. The highest BCUT2D eigenvalue weighted by molar-refractivity contribution is 5.83. The third-order valence-electron chi connectivity index (χ3n) is 7.01. The highest BCUT2D eigenvalue weighted by atomic mass is 16.2. The fourth-order valence-electron chi connectivity index (χ4n) is 5.40. The van der Waals surface area contributed by atoms with Gasteiger partial charge in [-0.15, -0.1) is 0 Å². The quantitative estimate of drug-likeness (QED) is 0.872. The van der Waals surface area contributed by atoms with E-state index < -0.39 is 0 Å². The van der Waals surface area contributed by atoms with Crippen molar-refractivity contribution >= 4 is 16.8 Å². The SMILES string of the molecule is CN1CC[C@@]2(C)[C@@H]1CCCCCN2C(=O)CCCc1c[nH]c2ccccc12. The lowest BCUT2D eigenvalue weighted by Crippen LogP contribution is -2.57. The summed E-state index contributed by atoms with van der Waals surface area (Å²) in [5, 5.41) is 1.29. The Labute approximate surface area is 162 Å². The van der Waals surface area contributed by atoms with Gasteiger partial charge in [0, 0.05) is 42.7 Å². The number of nitrogens with zero attached hydrogens (tertiary/aromatic N) is 2. The van der Waals surface area contributed by atoms with Crippen molar-refractivity contribution in [2.24, 2.45) is 0 Å². The van der Waals surface area contributed by atoms with Gasteiger partial charge >= 0.3 is 0 Å². The number of rotatable bonds is 4. The number of benzene rings is 1. The van der Waals surface area contributed by atoms with Gasteiger partial charge in [0.2, 0.25) is 5.91 Å². The molecule has 2 fully saturated rings. The van der Waals surface area contributed by atoms with Crippen molar-refractivity contribution in [1.29, 1.82) is 0 Å². The largest absolute Gasteiger partial charge is 0.361 e. The fraction of sp³-hybridized carbons (Fsp3) is 0.609. The monoisotopic (exact) mass is 367 g/mol. The van der Waals surface area contributed by atoms with E-state index >= 15 is 0 Å². The van der Waals surface area contributed by atoms with E-state index in [1.807, 2.05) is 0 Å². The fourth-order valence-corrected chi connectivity index (χ4v) is 5.40. The van der Waals surface area contributed by atoms with Gasteiger partial charge in [0.25, 0.3) is 0 Å². The standard InChI is InChI=1S/C23H33N3O/c1-23-14-16-25(2)21(23)12-4-3-7-15-26(23)22(27)13-8-9-18-17-24-20-11-6-5-10-19(18)20/h5-6,10-11,17,21,24H,3-4,7-9,12-16H2,1-2H3/t21-,23-/m0/s1. The number of likely N-dealkylation sites (tertiary alicyclic amines) is 2. The lowest BCUT2D eigenvalue weighted by atomic mass is 9.84. The maximum Gasteiger partial charge on any atom is 0.223 e. The van der Waals surface area contributed by atoms with Gasteiger partial charge in [-0.25, -0.2) is 0 Å². The maximum absolute atomic E-state index is 13.2. The molecule has 0 radical (unpaired) electrons. The zero-order valence-corrected chi connectivity index (χ0v) is 16.8. The molecule has 0 aliphatic carbocycles. The third kappa shape index (κ3) is 3.52. The number of nitrogens with one attached hydrogen (secondary N) is 1. The van der Waals surface area contributed by atoms with Crippen LogP contribution in [-0.4, -0.2) is 52.4 Å². The molecule has 1 amide bonds. The number of aryl methyl sites for hydroxylation is 1. The van der Waals surface area contributed by atoms with Gasteiger partial charge in [0.05, 0.1) is 5.54 Å². The van der Waals surface area contributed by atoms with Crippen LogP contribution in [0.1, 0.15) is 57.4 Å². The number of aromatic amines is 1. The predicted octanol–water partition coefficient (Wildman–Crippen LogP) is 4.36. The number of likely N-dealkylation sites (N-methyl/N-ethyl adjacent to an activating group) is 1. The summed E-state index contributed by atoms with van der Waals surface area (Å²) in [6, 6.07) is 8.95. The van der Waals surface area contributed by atoms with E-state index in [2.05, 4.69) is 59.2 Å². The number of carbonyl (C=O) groups is 1. The van der Waals surface area contributed by atoms with Crippen molar-refractivity contribution in [3.05, 3.63) is 36.0 Å². The van der Waals surface area contributed by atoms with Gasteiger partial charge in [-0.1, -0.05) is 31.0 Å². The van der Waals surface area contributed by atoms with Gasteiger partial charge in [-0.2, -0.15) is 0 Å². The molecule has 2 aromatic rings. The molecule has 27 heavy (non-hydrogen) atoms. The summed E-state index contributed by atoms with van der Waals surface area (Å²) >= 11 is 0. The van der Waals surface area contributed by atoms with Crippen LogP contribution >= 0.6 is 0 Å². The molecule has 0 saturated carbocycles. The van der Waals surface area contributed by atoms with Gasteiger partial charge in [0.1, 0.15) is 0 Å². The molecule has 146 valence electrons. The summed E-state index contributed by atoms with van der Waals surface area (Å²) in [5.41, 5.74) is 2.54. The van der Waals surface area contributed by atoms with Crippen LogP contribution in [0.25, 0.3) is 10.9 Å². The van der Waals surface area contributed by atoms with E-state index in [1.165, 1.54) is 35.7 Å². The number of para-hydroxylation sites is 1. The molecule has 0 spiro atoms. The number of H-pyrrole nitrogens is 1. The second-order valence-corrected chi connectivity index (χ2v) is 8.71. The van der Waals surface area contributed by atoms with Crippen LogP contribution in [0.2, 0.25) is 0 Å². The molecule has 0 bridgehead atoms. The number of hydrogen-bond donors (Lipinski definition) is 1. The van der Waals surface area contributed by atoms with E-state index in [1.54, 1.807) is 0 Å². The molecular weight excluding hydrogens is 334 g/mol. The van der Waals surface area contributed by atoms with E-state index in [0.717, 1.165) is 38.8 Å². The first kappa shape index (κ1) is 18.5. The Morgan fingerprint density at radius 1 is 1.22 bits per heavy atom. The molecule has 4 rings (SSSR count). The van der Waals surface area contributed by atoms with Crippen LogP contribution in [0.15, 0.2) is 30.5 Å². The molecule has 2 saturated heterocycles. The number of aromatic nitrogens is 1. The van der Waals surface area contributed by atoms with Crippen molar-refractivity contribution in [3.8, 4) is 0 Å². The van der Waals surface area contributed by atoms with Crippen molar-refractivity contribution in [2.45, 2.75) is 69.9 Å². The van der Waals surface area contributed by atoms with Crippen LogP contribution in [0.3, 0.4) is 0 Å². The molecule has 1 N–H and O–H groups in total. The third-order valence-corrected chi connectivity index (χ3v) is 7.01. The first-order valence-electron chi connectivity index (χ1n) is 10.7. The average molecular weight is 368 g/mol. The van der Waals surface area contributed by atoms with Crippen molar-refractivity contribution in [1.82, 2.24) is 14.8 Å². The highest BCUT2D eigenvalue weighted by Crippen LogP contribution is 2.38. The van der Waals surface area contributed by atoms with Gasteiger partial charge in [-0.3, -0.25) is 4.79 Å². The zero-order chi connectivity index (χ0) is 18.9. The van der Waals surface area contributed by atoms with Crippen molar-refractivity contribution in [2.75, 3.05) is 20.1 Å². The number of fused-ring (bicyclic) bond motifs is 2.